The van der Waals surface area contributed by atoms with Gasteiger partial charge in [-0.05, 0) is 42.5 Å². The van der Waals surface area contributed by atoms with Crippen LogP contribution < -0.4 is 5.32 Å². The van der Waals surface area contributed by atoms with Gasteiger partial charge >= 0.3 is 0 Å². The number of anilines is 1. The van der Waals surface area contributed by atoms with Crippen molar-refractivity contribution in [3.8, 4) is 10.6 Å². The highest BCUT2D eigenvalue weighted by Crippen LogP contribution is 2.30. The van der Waals surface area contributed by atoms with Crippen LogP contribution in [-0.4, -0.2) is 15.9 Å². The van der Waals surface area contributed by atoms with E-state index in [0.717, 1.165) is 26.4 Å². The summed E-state index contributed by atoms with van der Waals surface area (Å²) in [5.74, 6) is -0.221. The maximum atomic E-state index is 12.4. The van der Waals surface area contributed by atoms with Crippen LogP contribution in [0.1, 0.15) is 21.6 Å². The molecule has 0 bridgehead atoms. The van der Waals surface area contributed by atoms with Crippen LogP contribution in [0.15, 0.2) is 34.3 Å². The van der Waals surface area contributed by atoms with Crippen molar-refractivity contribution < 1.29 is 4.79 Å². The molecule has 3 aromatic heterocycles. The first-order chi connectivity index (χ1) is 11.6. The predicted octanol–water partition coefficient (Wildman–Crippen LogP) is 5.35. The van der Waals surface area contributed by atoms with Gasteiger partial charge in [0.25, 0.3) is 5.91 Å². The summed E-state index contributed by atoms with van der Waals surface area (Å²) in [6, 6.07) is 6.19. The number of thiazole rings is 2. The van der Waals surface area contributed by atoms with Gasteiger partial charge in [0.15, 0.2) is 5.13 Å². The van der Waals surface area contributed by atoms with Crippen LogP contribution in [0.5, 0.6) is 0 Å². The molecule has 0 aliphatic rings. The zero-order chi connectivity index (χ0) is 16.7. The first-order valence-corrected chi connectivity index (χ1v) is 9.91. The number of rotatable bonds is 3. The van der Waals surface area contributed by atoms with Crippen molar-refractivity contribution >= 4 is 55.3 Å². The largest absolute Gasteiger partial charge is 0.296 e. The van der Waals surface area contributed by atoms with Crippen molar-refractivity contribution in [2.75, 3.05) is 5.32 Å². The maximum Gasteiger partial charge on any atom is 0.276 e. The normalized spacial score (nSPS) is 11.1. The molecule has 1 amide bonds. The highest BCUT2D eigenvalue weighted by Gasteiger charge is 2.15. The quantitative estimate of drug-likeness (QED) is 0.528. The Balaban J connectivity index is 1.59. The molecule has 24 heavy (non-hydrogen) atoms. The molecule has 4 aromatic rings. The molecule has 0 spiro atoms. The minimum absolute atomic E-state index is 0.221. The van der Waals surface area contributed by atoms with Crippen molar-refractivity contribution in [3.63, 3.8) is 0 Å². The van der Waals surface area contributed by atoms with Gasteiger partial charge in [0, 0.05) is 16.3 Å². The number of benzene rings is 1. The average Bonchev–Trinajstić information content (AvgIpc) is 3.26. The minimum atomic E-state index is -0.221. The summed E-state index contributed by atoms with van der Waals surface area (Å²) in [5.41, 5.74) is 4.73. The number of fused-ring (bicyclic) bond motifs is 1. The summed E-state index contributed by atoms with van der Waals surface area (Å²) in [6.45, 7) is 4.10. The summed E-state index contributed by atoms with van der Waals surface area (Å²) in [4.78, 5) is 21.4. The van der Waals surface area contributed by atoms with Gasteiger partial charge in [0.05, 0.1) is 10.2 Å². The molecule has 0 atom stereocenters. The lowest BCUT2D eigenvalue weighted by molar-refractivity contribution is 0.102. The number of nitrogens with one attached hydrogen (secondary N) is 1. The fourth-order valence-electron chi connectivity index (χ4n) is 2.48. The first kappa shape index (κ1) is 15.4. The number of nitrogens with zero attached hydrogens (tertiary/aromatic N) is 2. The molecule has 1 N–H and O–H groups in total. The first-order valence-electron chi connectivity index (χ1n) is 7.27. The van der Waals surface area contributed by atoms with Gasteiger partial charge in [-0.2, -0.15) is 11.3 Å². The standard InChI is InChI=1S/C17H13N3OS3/c1-9-5-10(2)14-13(6-9)24-17(19-14)20-15(21)12-8-23-16(18-12)11-3-4-22-7-11/h3-8H,1-2H3,(H,19,20,21). The van der Waals surface area contributed by atoms with E-state index >= 15 is 0 Å². The number of carbonyl (C=O) groups excluding carboxylic acids is 1. The number of hydrogen-bond acceptors (Lipinski definition) is 6. The summed E-state index contributed by atoms with van der Waals surface area (Å²) < 4.78 is 1.08. The van der Waals surface area contributed by atoms with E-state index in [-0.39, 0.29) is 5.91 Å². The lowest BCUT2D eigenvalue weighted by Crippen LogP contribution is -2.11. The molecule has 1 aromatic carbocycles. The fraction of sp³-hybridized carbons (Fsp3) is 0.118. The monoisotopic (exact) mass is 371 g/mol. The van der Waals surface area contributed by atoms with Gasteiger partial charge in [-0.3, -0.25) is 10.1 Å². The van der Waals surface area contributed by atoms with Gasteiger partial charge in [-0.15, -0.1) is 11.3 Å². The van der Waals surface area contributed by atoms with Crippen LogP contribution in [-0.2, 0) is 0 Å². The van der Waals surface area contributed by atoms with Crippen LogP contribution >= 0.6 is 34.0 Å². The van der Waals surface area contributed by atoms with Crippen LogP contribution in [0.25, 0.3) is 20.8 Å². The molecule has 4 rings (SSSR count). The number of carbonyl (C=O) groups is 1. The molecular formula is C17H13N3OS3. The van der Waals surface area contributed by atoms with Crippen molar-refractivity contribution in [1.29, 1.82) is 0 Å². The summed E-state index contributed by atoms with van der Waals surface area (Å²) in [6.07, 6.45) is 0. The number of aromatic nitrogens is 2. The van der Waals surface area contributed by atoms with E-state index in [1.54, 1.807) is 16.7 Å². The van der Waals surface area contributed by atoms with Gasteiger partial charge in [-0.25, -0.2) is 9.97 Å². The lowest BCUT2D eigenvalue weighted by atomic mass is 10.1. The van der Waals surface area contributed by atoms with Crippen LogP contribution in [0, 0.1) is 13.8 Å². The Bertz CT molecular complexity index is 1030. The molecule has 120 valence electrons. The maximum absolute atomic E-state index is 12.4. The van der Waals surface area contributed by atoms with Gasteiger partial charge < -0.3 is 0 Å². The second-order valence-electron chi connectivity index (χ2n) is 5.45. The minimum Gasteiger partial charge on any atom is -0.296 e. The Kier molecular flexibility index (Phi) is 3.91. The van der Waals surface area contributed by atoms with Crippen LogP contribution in [0.3, 0.4) is 0 Å². The van der Waals surface area contributed by atoms with E-state index < -0.39 is 0 Å². The fourth-order valence-corrected chi connectivity index (χ4v) is 5.03. The van der Waals surface area contributed by atoms with Gasteiger partial charge in [-0.1, -0.05) is 17.4 Å². The molecule has 0 saturated heterocycles. The Morgan fingerprint density at radius 1 is 1.17 bits per heavy atom. The predicted molar refractivity (Wildman–Crippen MR) is 102 cm³/mol. The lowest BCUT2D eigenvalue weighted by Gasteiger charge is -1.97. The highest BCUT2D eigenvalue weighted by atomic mass is 32.1. The van der Waals surface area contributed by atoms with Crippen molar-refractivity contribution in [1.82, 2.24) is 9.97 Å². The van der Waals surface area contributed by atoms with Gasteiger partial charge in [0.2, 0.25) is 0 Å². The SMILES string of the molecule is Cc1cc(C)c2nc(NC(=O)c3csc(-c4ccsc4)n3)sc2c1. The third kappa shape index (κ3) is 2.86. The Morgan fingerprint density at radius 2 is 2.04 bits per heavy atom. The van der Waals surface area contributed by atoms with Crippen LogP contribution in [0.2, 0.25) is 0 Å². The summed E-state index contributed by atoms with van der Waals surface area (Å²) in [7, 11) is 0. The highest BCUT2D eigenvalue weighted by molar-refractivity contribution is 7.22. The van der Waals surface area contributed by atoms with Crippen molar-refractivity contribution in [3.05, 3.63) is 51.2 Å². The molecule has 0 fully saturated rings. The second-order valence-corrected chi connectivity index (χ2v) is 8.12. The van der Waals surface area contributed by atoms with Crippen molar-refractivity contribution in [2.45, 2.75) is 13.8 Å². The third-order valence-electron chi connectivity index (χ3n) is 3.56. The number of amides is 1. The van der Waals surface area contributed by atoms with Gasteiger partial charge in [0.1, 0.15) is 10.7 Å². The van der Waals surface area contributed by atoms with Crippen molar-refractivity contribution in [2.24, 2.45) is 0 Å². The third-order valence-corrected chi connectivity index (χ3v) is 6.05. The number of thiophene rings is 1. The van der Waals surface area contributed by atoms with E-state index in [1.807, 2.05) is 23.8 Å². The van der Waals surface area contributed by atoms with Crippen LogP contribution in [0.4, 0.5) is 5.13 Å². The van der Waals surface area contributed by atoms with E-state index in [9.17, 15) is 4.79 Å². The Morgan fingerprint density at radius 3 is 2.83 bits per heavy atom. The molecule has 0 aliphatic heterocycles. The summed E-state index contributed by atoms with van der Waals surface area (Å²) in [5, 5.41) is 10.1. The second kappa shape index (κ2) is 6.08. The molecule has 0 unspecified atom stereocenters. The topological polar surface area (TPSA) is 54.9 Å². The van der Waals surface area contributed by atoms with E-state index in [0.29, 0.717) is 10.8 Å². The number of hydrogen-bond donors (Lipinski definition) is 1. The van der Waals surface area contributed by atoms with E-state index in [2.05, 4.69) is 34.3 Å². The zero-order valence-electron chi connectivity index (χ0n) is 13.0. The average molecular weight is 372 g/mol. The molecule has 4 nitrogen and oxygen atoms in total. The zero-order valence-corrected chi connectivity index (χ0v) is 15.4. The number of aryl methyl sites for hydroxylation is 2. The molecule has 0 radical (unpaired) electrons. The molecule has 0 aliphatic carbocycles. The molecular weight excluding hydrogens is 358 g/mol. The molecule has 7 heteroatoms. The Labute approximate surface area is 150 Å². The Hall–Kier alpha value is -2.09. The van der Waals surface area contributed by atoms with E-state index in [4.69, 9.17) is 0 Å². The molecule has 3 heterocycles. The summed E-state index contributed by atoms with van der Waals surface area (Å²) >= 11 is 4.58. The smallest absolute Gasteiger partial charge is 0.276 e. The van der Waals surface area contributed by atoms with E-state index in [1.165, 1.54) is 28.2 Å². The molecule has 0 saturated carbocycles.